The number of hydroxylamine groups is 1. The Bertz CT molecular complexity index is 476. The third-order valence-electron chi connectivity index (χ3n) is 2.05. The Kier molecular flexibility index (Phi) is 8.45. The highest BCUT2D eigenvalue weighted by atomic mass is 32.2. The van der Waals surface area contributed by atoms with Crippen LogP contribution in [0.25, 0.3) is 0 Å². The van der Waals surface area contributed by atoms with E-state index in [1.165, 1.54) is 0 Å². The number of amides is 1. The molecule has 0 spiro atoms. The molecule has 0 aromatic rings. The van der Waals surface area contributed by atoms with Gasteiger partial charge in [0.1, 0.15) is 12.6 Å². The van der Waals surface area contributed by atoms with Gasteiger partial charge in [0.15, 0.2) is 0 Å². The van der Waals surface area contributed by atoms with Crippen molar-refractivity contribution in [1.82, 2.24) is 10.8 Å². The summed E-state index contributed by atoms with van der Waals surface area (Å²) in [6.45, 7) is -0.879. The van der Waals surface area contributed by atoms with Crippen molar-refractivity contribution in [2.75, 3.05) is 18.9 Å². The highest BCUT2D eigenvalue weighted by Crippen LogP contribution is 1.98. The lowest BCUT2D eigenvalue weighted by Gasteiger charge is -2.13. The third kappa shape index (κ3) is 11.7. The van der Waals surface area contributed by atoms with Gasteiger partial charge < -0.3 is 15.5 Å². The molecule has 1 amide bonds. The number of nitrogens with one attached hydrogen (secondary N) is 2. The highest BCUT2D eigenvalue weighted by molar-refractivity contribution is 7.85. The average molecular weight is 328 g/mol. The second kappa shape index (κ2) is 9.23. The van der Waals surface area contributed by atoms with E-state index in [0.29, 0.717) is 0 Å². The number of carbonyl (C=O) groups is 3. The van der Waals surface area contributed by atoms with Gasteiger partial charge in [0.25, 0.3) is 10.1 Å². The summed E-state index contributed by atoms with van der Waals surface area (Å²) in [7, 11) is -4.15. The molecule has 122 valence electrons. The molecule has 0 saturated heterocycles. The number of aliphatic carboxylic acids is 2. The summed E-state index contributed by atoms with van der Waals surface area (Å²) < 4.78 is 29.1. The summed E-state index contributed by atoms with van der Waals surface area (Å²) >= 11 is 0. The maximum Gasteiger partial charge on any atom is 0.326 e. The molecule has 0 heterocycles. The molecule has 1 atom stereocenters. The summed E-state index contributed by atoms with van der Waals surface area (Å²) in [4.78, 5) is 37.0. The lowest BCUT2D eigenvalue weighted by atomic mass is 10.1. The van der Waals surface area contributed by atoms with Gasteiger partial charge in [-0.05, 0) is 6.42 Å². The fourth-order valence-corrected chi connectivity index (χ4v) is 1.46. The van der Waals surface area contributed by atoms with E-state index in [0.717, 1.165) is 0 Å². The SMILES string of the molecule is O=C(O)CCC(NC(=O)CONCCS(=O)(=O)O)C(=O)O. The Hall–Kier alpha value is -1.76. The molecule has 0 aliphatic heterocycles. The Morgan fingerprint density at radius 3 is 2.29 bits per heavy atom. The fraction of sp³-hybridized carbons (Fsp3) is 0.667. The van der Waals surface area contributed by atoms with Gasteiger partial charge in [-0.25, -0.2) is 10.3 Å². The van der Waals surface area contributed by atoms with Crippen LogP contribution < -0.4 is 10.8 Å². The Labute approximate surface area is 120 Å². The minimum Gasteiger partial charge on any atom is -0.481 e. The van der Waals surface area contributed by atoms with Crippen molar-refractivity contribution in [2.45, 2.75) is 18.9 Å². The molecular formula is C9H16N2O9S. The van der Waals surface area contributed by atoms with Crippen molar-refractivity contribution in [3.05, 3.63) is 0 Å². The van der Waals surface area contributed by atoms with Crippen molar-refractivity contribution in [2.24, 2.45) is 0 Å². The Morgan fingerprint density at radius 1 is 1.19 bits per heavy atom. The molecule has 0 rings (SSSR count). The molecule has 12 heteroatoms. The van der Waals surface area contributed by atoms with Gasteiger partial charge in [-0.3, -0.25) is 19.0 Å². The molecule has 0 saturated carbocycles. The molecule has 0 aliphatic carbocycles. The molecular weight excluding hydrogens is 312 g/mol. The number of carbonyl (C=O) groups excluding carboxylic acids is 1. The fourth-order valence-electron chi connectivity index (χ4n) is 1.12. The second-order valence-corrected chi connectivity index (χ2v) is 5.43. The van der Waals surface area contributed by atoms with Gasteiger partial charge in [0.2, 0.25) is 5.91 Å². The van der Waals surface area contributed by atoms with E-state index < -0.39 is 52.8 Å². The van der Waals surface area contributed by atoms with Crippen molar-refractivity contribution in [3.63, 3.8) is 0 Å². The van der Waals surface area contributed by atoms with Crippen LogP contribution in [-0.2, 0) is 29.3 Å². The first-order valence-electron chi connectivity index (χ1n) is 5.65. The standard InChI is InChI=1S/C9H16N2O9S/c12-7(5-20-10-3-4-21(17,18)19)11-6(9(15)16)1-2-8(13)14/h6,10H,1-5H2,(H,11,12)(H,13,14)(H,15,16)(H,17,18,19). The maximum atomic E-state index is 11.3. The molecule has 0 aromatic heterocycles. The Morgan fingerprint density at radius 2 is 1.81 bits per heavy atom. The predicted molar refractivity (Wildman–Crippen MR) is 66.8 cm³/mol. The van der Waals surface area contributed by atoms with Crippen LogP contribution in [0.4, 0.5) is 0 Å². The molecule has 0 fully saturated rings. The van der Waals surface area contributed by atoms with E-state index >= 15 is 0 Å². The van der Waals surface area contributed by atoms with Crippen LogP contribution in [0.2, 0.25) is 0 Å². The van der Waals surface area contributed by atoms with Gasteiger partial charge in [-0.2, -0.15) is 8.42 Å². The number of rotatable bonds is 11. The zero-order valence-corrected chi connectivity index (χ0v) is 11.6. The smallest absolute Gasteiger partial charge is 0.326 e. The van der Waals surface area contributed by atoms with E-state index in [1.807, 2.05) is 5.32 Å². The first-order chi connectivity index (χ1) is 9.61. The number of carboxylic acids is 2. The van der Waals surface area contributed by atoms with Crippen LogP contribution in [0.3, 0.4) is 0 Å². The molecule has 5 N–H and O–H groups in total. The van der Waals surface area contributed by atoms with E-state index in [2.05, 4.69) is 10.3 Å². The minimum absolute atomic E-state index is 0.270. The van der Waals surface area contributed by atoms with Crippen molar-refractivity contribution < 1.29 is 42.4 Å². The van der Waals surface area contributed by atoms with Crippen LogP contribution in [0.15, 0.2) is 0 Å². The summed E-state index contributed by atoms with van der Waals surface area (Å²) in [6, 6.07) is -1.37. The van der Waals surface area contributed by atoms with Crippen LogP contribution in [-0.4, -0.2) is 66.0 Å². The molecule has 1 unspecified atom stereocenters. The van der Waals surface area contributed by atoms with Crippen LogP contribution in [0.5, 0.6) is 0 Å². The number of hydrogen-bond acceptors (Lipinski definition) is 7. The van der Waals surface area contributed by atoms with E-state index in [4.69, 9.17) is 14.8 Å². The lowest BCUT2D eigenvalue weighted by Crippen LogP contribution is -2.43. The van der Waals surface area contributed by atoms with Gasteiger partial charge in [-0.15, -0.1) is 0 Å². The molecule has 21 heavy (non-hydrogen) atoms. The largest absolute Gasteiger partial charge is 0.481 e. The number of hydrogen-bond donors (Lipinski definition) is 5. The summed E-state index contributed by atoms with van der Waals surface area (Å²) in [5.74, 6) is -4.03. The molecule has 0 aliphatic rings. The first-order valence-corrected chi connectivity index (χ1v) is 7.26. The van der Waals surface area contributed by atoms with E-state index in [9.17, 15) is 22.8 Å². The monoisotopic (exact) mass is 328 g/mol. The molecule has 11 nitrogen and oxygen atoms in total. The lowest BCUT2D eigenvalue weighted by molar-refractivity contribution is -0.144. The van der Waals surface area contributed by atoms with Crippen molar-refractivity contribution in [1.29, 1.82) is 0 Å². The van der Waals surface area contributed by atoms with Gasteiger partial charge in [-0.1, -0.05) is 0 Å². The van der Waals surface area contributed by atoms with Crippen molar-refractivity contribution >= 4 is 28.0 Å². The third-order valence-corrected chi connectivity index (χ3v) is 2.77. The number of carboxylic acid groups (broad SMARTS) is 2. The quantitative estimate of drug-likeness (QED) is 0.159. The summed E-state index contributed by atoms with van der Waals surface area (Å²) in [5.41, 5.74) is 2.08. The normalized spacial score (nSPS) is 12.6. The minimum atomic E-state index is -4.15. The Balaban J connectivity index is 3.98. The van der Waals surface area contributed by atoms with Crippen LogP contribution in [0, 0.1) is 0 Å². The molecule has 0 aromatic carbocycles. The second-order valence-electron chi connectivity index (χ2n) is 3.86. The highest BCUT2D eigenvalue weighted by Gasteiger charge is 2.20. The van der Waals surface area contributed by atoms with Gasteiger partial charge >= 0.3 is 11.9 Å². The summed E-state index contributed by atoms with van der Waals surface area (Å²) in [6.07, 6.45) is -0.711. The maximum absolute atomic E-state index is 11.3. The summed E-state index contributed by atoms with van der Waals surface area (Å²) in [5, 5.41) is 19.3. The average Bonchev–Trinajstić information content (AvgIpc) is 2.31. The topological polar surface area (TPSA) is 179 Å². The zero-order chi connectivity index (χ0) is 16.5. The van der Waals surface area contributed by atoms with Crippen LogP contribution >= 0.6 is 0 Å². The van der Waals surface area contributed by atoms with Crippen molar-refractivity contribution in [3.8, 4) is 0 Å². The van der Waals surface area contributed by atoms with Gasteiger partial charge in [0, 0.05) is 13.0 Å². The molecule has 0 radical (unpaired) electrons. The first kappa shape index (κ1) is 19.2. The predicted octanol–water partition coefficient (Wildman–Crippen LogP) is -2.17. The van der Waals surface area contributed by atoms with Crippen LogP contribution in [0.1, 0.15) is 12.8 Å². The van der Waals surface area contributed by atoms with E-state index in [-0.39, 0.29) is 13.0 Å². The van der Waals surface area contributed by atoms with Gasteiger partial charge in [0.05, 0.1) is 5.75 Å². The zero-order valence-electron chi connectivity index (χ0n) is 10.8. The van der Waals surface area contributed by atoms with E-state index in [1.54, 1.807) is 0 Å². The molecule has 0 bridgehead atoms.